The van der Waals surface area contributed by atoms with Gasteiger partial charge in [-0.3, -0.25) is 4.79 Å². The van der Waals surface area contributed by atoms with E-state index in [1.807, 2.05) is 39.9 Å². The molecule has 1 atom stereocenters. The van der Waals surface area contributed by atoms with E-state index in [4.69, 9.17) is 4.98 Å². The van der Waals surface area contributed by atoms with Crippen molar-refractivity contribution in [3.05, 3.63) is 53.9 Å². The number of carbonyl (C=O) groups excluding carboxylic acids is 1. The Bertz CT molecular complexity index is 1010. The zero-order valence-electron chi connectivity index (χ0n) is 15.8. The van der Waals surface area contributed by atoms with Crippen LogP contribution in [-0.2, 0) is 24.3 Å². The molecule has 1 amide bonds. The Hall–Kier alpha value is -2.80. The zero-order valence-corrected chi connectivity index (χ0v) is 15.8. The van der Waals surface area contributed by atoms with Crippen molar-refractivity contribution in [1.82, 2.24) is 29.7 Å². The third-order valence-corrected chi connectivity index (χ3v) is 5.76. The van der Waals surface area contributed by atoms with Crippen molar-refractivity contribution in [2.75, 3.05) is 13.1 Å². The van der Waals surface area contributed by atoms with Gasteiger partial charge in [-0.05, 0) is 31.5 Å². The quantitative estimate of drug-likeness (QED) is 0.759. The van der Waals surface area contributed by atoms with Gasteiger partial charge in [-0.25, -0.2) is 15.0 Å². The SMILES string of the molecule is O=C(Cn1cnc2ccccc21)N1CCc2nc([C@@H]3CCCCN3)ncc2C1. The normalized spacial score (nSPS) is 19.6. The maximum absolute atomic E-state index is 12.9. The molecule has 1 saturated heterocycles. The lowest BCUT2D eigenvalue weighted by atomic mass is 10.0. The highest BCUT2D eigenvalue weighted by atomic mass is 16.2. The second-order valence-corrected chi connectivity index (χ2v) is 7.63. The highest BCUT2D eigenvalue weighted by Crippen LogP contribution is 2.23. The first kappa shape index (κ1) is 17.3. The molecule has 0 saturated carbocycles. The summed E-state index contributed by atoms with van der Waals surface area (Å²) in [6, 6.07) is 8.16. The highest BCUT2D eigenvalue weighted by Gasteiger charge is 2.25. The first-order valence-corrected chi connectivity index (χ1v) is 10.0. The summed E-state index contributed by atoms with van der Waals surface area (Å²) in [5.41, 5.74) is 4.06. The number of para-hydroxylation sites is 2. The predicted octanol–water partition coefficient (Wildman–Crippen LogP) is 2.23. The fourth-order valence-electron chi connectivity index (χ4n) is 4.17. The number of piperidine rings is 1. The van der Waals surface area contributed by atoms with Crippen LogP contribution in [0.3, 0.4) is 0 Å². The van der Waals surface area contributed by atoms with Crippen molar-refractivity contribution >= 4 is 16.9 Å². The summed E-state index contributed by atoms with van der Waals surface area (Å²) in [4.78, 5) is 28.6. The van der Waals surface area contributed by atoms with Gasteiger partial charge in [0.05, 0.1) is 29.1 Å². The number of benzene rings is 1. The number of nitrogens with one attached hydrogen (secondary N) is 1. The number of rotatable bonds is 3. The van der Waals surface area contributed by atoms with Gasteiger partial charge in [-0.2, -0.15) is 0 Å². The van der Waals surface area contributed by atoms with E-state index >= 15 is 0 Å². The lowest BCUT2D eigenvalue weighted by molar-refractivity contribution is -0.132. The molecule has 0 radical (unpaired) electrons. The average Bonchev–Trinajstić information content (AvgIpc) is 3.16. The summed E-state index contributed by atoms with van der Waals surface area (Å²) in [5, 5.41) is 3.51. The van der Waals surface area contributed by atoms with Crippen LogP contribution in [0, 0.1) is 0 Å². The summed E-state index contributed by atoms with van der Waals surface area (Å²) in [5.74, 6) is 1.01. The Morgan fingerprint density at radius 2 is 2.14 bits per heavy atom. The van der Waals surface area contributed by atoms with E-state index in [2.05, 4.69) is 15.3 Å². The number of aromatic nitrogens is 4. The number of nitrogens with zero attached hydrogens (tertiary/aromatic N) is 5. The van der Waals surface area contributed by atoms with Crippen molar-refractivity contribution in [3.63, 3.8) is 0 Å². The molecule has 144 valence electrons. The molecular formula is C21H24N6O. The van der Waals surface area contributed by atoms with Gasteiger partial charge in [0.15, 0.2) is 0 Å². The molecule has 1 N–H and O–H groups in total. The molecule has 1 fully saturated rings. The zero-order chi connectivity index (χ0) is 18.9. The van der Waals surface area contributed by atoms with Crippen molar-refractivity contribution in [2.24, 2.45) is 0 Å². The molecule has 2 aliphatic rings. The van der Waals surface area contributed by atoms with Crippen LogP contribution in [-0.4, -0.2) is 43.4 Å². The lowest BCUT2D eigenvalue weighted by Crippen LogP contribution is -2.38. The van der Waals surface area contributed by atoms with Gasteiger partial charge in [0.25, 0.3) is 0 Å². The average molecular weight is 376 g/mol. The first-order chi connectivity index (χ1) is 13.8. The van der Waals surface area contributed by atoms with Crippen molar-refractivity contribution in [1.29, 1.82) is 0 Å². The Balaban J connectivity index is 1.29. The summed E-state index contributed by atoms with van der Waals surface area (Å²) in [6.07, 6.45) is 8.00. The summed E-state index contributed by atoms with van der Waals surface area (Å²) >= 11 is 0. The van der Waals surface area contributed by atoms with E-state index in [9.17, 15) is 4.79 Å². The third-order valence-electron chi connectivity index (χ3n) is 5.76. The molecule has 7 nitrogen and oxygen atoms in total. The second kappa shape index (κ2) is 7.31. The van der Waals surface area contributed by atoms with Crippen LogP contribution < -0.4 is 5.32 Å². The largest absolute Gasteiger partial charge is 0.336 e. The number of hydrogen-bond acceptors (Lipinski definition) is 5. The van der Waals surface area contributed by atoms with E-state index in [0.717, 1.165) is 47.5 Å². The Kier molecular flexibility index (Phi) is 4.52. The van der Waals surface area contributed by atoms with Crippen LogP contribution in [0.1, 0.15) is 42.4 Å². The molecule has 4 heterocycles. The maximum atomic E-state index is 12.9. The summed E-state index contributed by atoms with van der Waals surface area (Å²) < 4.78 is 1.92. The van der Waals surface area contributed by atoms with Crippen LogP contribution in [0.5, 0.6) is 0 Å². The molecule has 2 aromatic heterocycles. The molecular weight excluding hydrogens is 352 g/mol. The van der Waals surface area contributed by atoms with Crippen LogP contribution >= 0.6 is 0 Å². The molecule has 5 rings (SSSR count). The fourth-order valence-corrected chi connectivity index (χ4v) is 4.17. The molecule has 28 heavy (non-hydrogen) atoms. The number of carbonyl (C=O) groups is 1. The number of fused-ring (bicyclic) bond motifs is 2. The van der Waals surface area contributed by atoms with E-state index in [1.165, 1.54) is 12.8 Å². The maximum Gasteiger partial charge on any atom is 0.242 e. The smallest absolute Gasteiger partial charge is 0.242 e. The summed E-state index contributed by atoms with van der Waals surface area (Å²) in [6.45, 7) is 2.63. The van der Waals surface area contributed by atoms with Crippen LogP contribution in [0.15, 0.2) is 36.8 Å². The second-order valence-electron chi connectivity index (χ2n) is 7.63. The molecule has 1 aromatic carbocycles. The van der Waals surface area contributed by atoms with Gasteiger partial charge in [0, 0.05) is 31.3 Å². The van der Waals surface area contributed by atoms with Crippen LogP contribution in [0.25, 0.3) is 11.0 Å². The van der Waals surface area contributed by atoms with Gasteiger partial charge in [0.1, 0.15) is 12.4 Å². The van der Waals surface area contributed by atoms with Gasteiger partial charge in [-0.15, -0.1) is 0 Å². The minimum atomic E-state index is 0.104. The molecule has 3 aromatic rings. The van der Waals surface area contributed by atoms with E-state index in [0.29, 0.717) is 19.6 Å². The Morgan fingerprint density at radius 3 is 3.04 bits per heavy atom. The van der Waals surface area contributed by atoms with Gasteiger partial charge >= 0.3 is 0 Å². The first-order valence-electron chi connectivity index (χ1n) is 10.0. The molecule has 0 bridgehead atoms. The Morgan fingerprint density at radius 1 is 1.21 bits per heavy atom. The highest BCUT2D eigenvalue weighted by molar-refractivity contribution is 5.80. The molecule has 0 unspecified atom stereocenters. The Labute approximate surface area is 163 Å². The monoisotopic (exact) mass is 376 g/mol. The van der Waals surface area contributed by atoms with Gasteiger partial charge in [0.2, 0.25) is 5.91 Å². The molecule has 0 spiro atoms. The molecule has 7 heteroatoms. The number of amides is 1. The molecule has 2 aliphatic heterocycles. The minimum Gasteiger partial charge on any atom is -0.336 e. The minimum absolute atomic E-state index is 0.104. The van der Waals surface area contributed by atoms with Crippen molar-refractivity contribution in [3.8, 4) is 0 Å². The van der Waals surface area contributed by atoms with E-state index in [-0.39, 0.29) is 11.9 Å². The van der Waals surface area contributed by atoms with Crippen LogP contribution in [0.2, 0.25) is 0 Å². The fraction of sp³-hybridized carbons (Fsp3) is 0.429. The van der Waals surface area contributed by atoms with Crippen molar-refractivity contribution < 1.29 is 4.79 Å². The predicted molar refractivity (Wildman–Crippen MR) is 105 cm³/mol. The van der Waals surface area contributed by atoms with Crippen LogP contribution in [0.4, 0.5) is 0 Å². The van der Waals surface area contributed by atoms with Gasteiger partial charge in [-0.1, -0.05) is 18.6 Å². The number of hydrogen-bond donors (Lipinski definition) is 1. The van der Waals surface area contributed by atoms with Gasteiger partial charge < -0.3 is 14.8 Å². The molecule has 0 aliphatic carbocycles. The third kappa shape index (κ3) is 3.26. The lowest BCUT2D eigenvalue weighted by Gasteiger charge is -2.29. The topological polar surface area (TPSA) is 75.9 Å². The van der Waals surface area contributed by atoms with E-state index < -0.39 is 0 Å². The standard InChI is InChI=1S/C21H24N6O/c28-20(13-27-14-24-17-5-1-2-7-19(17)27)26-10-8-16-15(12-26)11-23-21(25-16)18-6-3-4-9-22-18/h1-2,5,7,11,14,18,22H,3-4,6,8-10,12-13H2/t18-/m0/s1. The van der Waals surface area contributed by atoms with E-state index in [1.54, 1.807) is 6.33 Å². The number of imidazole rings is 1. The summed E-state index contributed by atoms with van der Waals surface area (Å²) in [7, 11) is 0. The van der Waals surface area contributed by atoms with Crippen molar-refractivity contribution in [2.45, 2.75) is 44.8 Å².